The van der Waals surface area contributed by atoms with E-state index in [9.17, 15) is 9.18 Å². The molecule has 5 aromatic rings. The molecule has 0 spiro atoms. The van der Waals surface area contributed by atoms with Crippen molar-refractivity contribution in [2.45, 2.75) is 19.6 Å². The lowest BCUT2D eigenvalue weighted by Gasteiger charge is -2.39. The monoisotopic (exact) mass is 496 g/mol. The molecule has 37 heavy (non-hydrogen) atoms. The molecule has 8 nitrogen and oxygen atoms in total. The van der Waals surface area contributed by atoms with Gasteiger partial charge in [-0.05, 0) is 36.8 Å². The number of piperazine rings is 1. The van der Waals surface area contributed by atoms with Gasteiger partial charge in [0.15, 0.2) is 11.5 Å². The Morgan fingerprint density at radius 3 is 2.54 bits per heavy atom. The maximum absolute atomic E-state index is 14.8. The number of benzene rings is 3. The van der Waals surface area contributed by atoms with Crippen LogP contribution in [0.5, 0.6) is 0 Å². The number of fused-ring (bicyclic) bond motifs is 3. The topological polar surface area (TPSA) is 75.9 Å². The zero-order valence-corrected chi connectivity index (χ0v) is 20.3. The van der Waals surface area contributed by atoms with E-state index in [1.54, 1.807) is 23.1 Å². The molecule has 1 aliphatic rings. The molecule has 0 bridgehead atoms. The number of rotatable bonds is 4. The van der Waals surface area contributed by atoms with Crippen LogP contribution in [0.1, 0.15) is 12.5 Å². The minimum absolute atomic E-state index is 0.131. The first-order valence-corrected chi connectivity index (χ1v) is 12.2. The van der Waals surface area contributed by atoms with Crippen LogP contribution in [0.15, 0.2) is 78.9 Å². The van der Waals surface area contributed by atoms with Crippen molar-refractivity contribution in [3.63, 3.8) is 0 Å². The maximum Gasteiger partial charge on any atom is 0.410 e. The van der Waals surface area contributed by atoms with Gasteiger partial charge in [-0.25, -0.2) is 18.6 Å². The van der Waals surface area contributed by atoms with E-state index >= 15 is 0 Å². The summed E-state index contributed by atoms with van der Waals surface area (Å²) in [4.78, 5) is 21.6. The number of nitrogens with zero attached hydrogens (tertiary/aromatic N) is 6. The van der Waals surface area contributed by atoms with Gasteiger partial charge in [-0.2, -0.15) is 0 Å². The first kappa shape index (κ1) is 22.9. The Hall–Kier alpha value is -4.53. The number of ether oxygens (including phenoxy) is 1. The summed E-state index contributed by atoms with van der Waals surface area (Å²) in [5, 5.41) is 9.63. The summed E-state index contributed by atoms with van der Waals surface area (Å²) in [5.74, 6) is 0.620. The van der Waals surface area contributed by atoms with E-state index in [-0.39, 0.29) is 24.6 Å². The summed E-state index contributed by atoms with van der Waals surface area (Å²) < 4.78 is 22.2. The van der Waals surface area contributed by atoms with E-state index in [1.165, 1.54) is 6.07 Å². The molecule has 186 valence electrons. The summed E-state index contributed by atoms with van der Waals surface area (Å²) in [5.41, 5.74) is 2.67. The van der Waals surface area contributed by atoms with Crippen molar-refractivity contribution >= 4 is 28.6 Å². The molecule has 0 saturated carbocycles. The van der Waals surface area contributed by atoms with Gasteiger partial charge in [0, 0.05) is 31.1 Å². The van der Waals surface area contributed by atoms with Crippen LogP contribution in [0.4, 0.5) is 15.1 Å². The third-order valence-electron chi connectivity index (χ3n) is 6.69. The van der Waals surface area contributed by atoms with Gasteiger partial charge in [-0.3, -0.25) is 0 Å². The van der Waals surface area contributed by atoms with Crippen LogP contribution in [-0.4, -0.2) is 56.3 Å². The number of amides is 1. The Balaban J connectivity index is 1.33. The summed E-state index contributed by atoms with van der Waals surface area (Å²) >= 11 is 0. The molecule has 1 unspecified atom stereocenters. The van der Waals surface area contributed by atoms with E-state index in [4.69, 9.17) is 9.72 Å². The molecule has 1 amide bonds. The molecule has 1 fully saturated rings. The molecule has 1 saturated heterocycles. The van der Waals surface area contributed by atoms with Gasteiger partial charge in [-0.15, -0.1) is 10.2 Å². The van der Waals surface area contributed by atoms with Crippen molar-refractivity contribution < 1.29 is 13.9 Å². The van der Waals surface area contributed by atoms with Gasteiger partial charge in [-0.1, -0.05) is 54.6 Å². The molecule has 0 radical (unpaired) electrons. The lowest BCUT2D eigenvalue weighted by Crippen LogP contribution is -2.54. The highest BCUT2D eigenvalue weighted by Crippen LogP contribution is 2.30. The SMILES string of the molecule is CC1CN(c2nc3ccccc3c3nnc(-c4ccccc4F)n23)CCN1C(=O)OCc1ccccc1. The fraction of sp³-hybridized carbons (Fsp3) is 0.214. The molecule has 1 aliphatic heterocycles. The van der Waals surface area contributed by atoms with E-state index < -0.39 is 0 Å². The molecule has 3 aromatic carbocycles. The minimum Gasteiger partial charge on any atom is -0.445 e. The standard InChI is InChI=1S/C28H25FN6O2/c1-19-17-33(15-16-34(19)28(36)37-18-20-9-3-2-4-10-20)27-30-24-14-8-6-12-22(24)26-32-31-25(35(26)27)21-11-5-7-13-23(21)29/h2-14,19H,15-18H2,1H3. The minimum atomic E-state index is -0.379. The van der Waals surface area contributed by atoms with Crippen LogP contribution in [0.2, 0.25) is 0 Å². The Bertz CT molecular complexity index is 1590. The van der Waals surface area contributed by atoms with Gasteiger partial charge >= 0.3 is 6.09 Å². The zero-order valence-electron chi connectivity index (χ0n) is 20.3. The van der Waals surface area contributed by atoms with Crippen molar-refractivity contribution in [1.82, 2.24) is 24.5 Å². The fourth-order valence-electron chi connectivity index (χ4n) is 4.81. The van der Waals surface area contributed by atoms with Crippen molar-refractivity contribution in [3.8, 4) is 11.4 Å². The van der Waals surface area contributed by atoms with Gasteiger partial charge in [0.25, 0.3) is 0 Å². The number of aromatic nitrogens is 4. The normalized spacial score (nSPS) is 15.9. The largest absolute Gasteiger partial charge is 0.445 e. The van der Waals surface area contributed by atoms with E-state index in [2.05, 4.69) is 15.1 Å². The van der Waals surface area contributed by atoms with Crippen molar-refractivity contribution in [3.05, 3.63) is 90.2 Å². The van der Waals surface area contributed by atoms with Gasteiger partial charge in [0.2, 0.25) is 5.95 Å². The van der Waals surface area contributed by atoms with Crippen molar-refractivity contribution in [2.24, 2.45) is 0 Å². The quantitative estimate of drug-likeness (QED) is 0.351. The number of anilines is 1. The number of hydrogen-bond donors (Lipinski definition) is 0. The fourth-order valence-corrected chi connectivity index (χ4v) is 4.81. The molecule has 9 heteroatoms. The lowest BCUT2D eigenvalue weighted by atomic mass is 10.2. The molecule has 0 N–H and O–H groups in total. The highest BCUT2D eigenvalue weighted by molar-refractivity contribution is 5.93. The zero-order chi connectivity index (χ0) is 25.4. The maximum atomic E-state index is 14.8. The number of halogens is 1. The molecule has 0 aliphatic carbocycles. The third kappa shape index (κ3) is 4.22. The Kier molecular flexibility index (Phi) is 5.88. The second kappa shape index (κ2) is 9.50. The molecule has 1 atom stereocenters. The van der Waals surface area contributed by atoms with Gasteiger partial charge < -0.3 is 14.5 Å². The predicted molar refractivity (Wildman–Crippen MR) is 139 cm³/mol. The van der Waals surface area contributed by atoms with Crippen LogP contribution < -0.4 is 4.90 Å². The lowest BCUT2D eigenvalue weighted by molar-refractivity contribution is 0.0793. The number of para-hydroxylation sites is 1. The van der Waals surface area contributed by atoms with Gasteiger partial charge in [0.1, 0.15) is 12.4 Å². The molecule has 3 heterocycles. The Morgan fingerprint density at radius 2 is 1.73 bits per heavy atom. The summed E-state index contributed by atoms with van der Waals surface area (Å²) in [6, 6.07) is 23.7. The smallest absolute Gasteiger partial charge is 0.410 e. The second-order valence-corrected chi connectivity index (χ2v) is 9.12. The Morgan fingerprint density at radius 1 is 0.973 bits per heavy atom. The number of carbonyl (C=O) groups is 1. The van der Waals surface area contributed by atoms with Crippen molar-refractivity contribution in [1.29, 1.82) is 0 Å². The number of hydrogen-bond acceptors (Lipinski definition) is 6. The summed E-state index contributed by atoms with van der Waals surface area (Å²) in [6.45, 7) is 3.72. The van der Waals surface area contributed by atoms with E-state index in [0.717, 1.165) is 16.5 Å². The average Bonchev–Trinajstić information content (AvgIpc) is 3.37. The predicted octanol–water partition coefficient (Wildman–Crippen LogP) is 4.93. The van der Waals surface area contributed by atoms with E-state index in [0.29, 0.717) is 42.6 Å². The molecular weight excluding hydrogens is 471 g/mol. The average molecular weight is 497 g/mol. The van der Waals surface area contributed by atoms with Crippen LogP contribution in [0.3, 0.4) is 0 Å². The van der Waals surface area contributed by atoms with E-state index in [1.807, 2.05) is 65.9 Å². The van der Waals surface area contributed by atoms with Crippen LogP contribution in [-0.2, 0) is 11.3 Å². The highest BCUT2D eigenvalue weighted by atomic mass is 19.1. The molecular formula is C28H25FN6O2. The number of carbonyl (C=O) groups excluding carboxylic acids is 1. The first-order valence-electron chi connectivity index (χ1n) is 12.2. The summed E-state index contributed by atoms with van der Waals surface area (Å²) in [6.07, 6.45) is -0.344. The highest BCUT2D eigenvalue weighted by Gasteiger charge is 2.31. The molecule has 2 aromatic heterocycles. The van der Waals surface area contributed by atoms with Crippen LogP contribution in [0.25, 0.3) is 27.9 Å². The third-order valence-corrected chi connectivity index (χ3v) is 6.69. The summed E-state index contributed by atoms with van der Waals surface area (Å²) in [7, 11) is 0. The van der Waals surface area contributed by atoms with Crippen LogP contribution in [0, 0.1) is 5.82 Å². The molecule has 6 rings (SSSR count). The first-order chi connectivity index (χ1) is 18.1. The Labute approximate surface area is 212 Å². The van der Waals surface area contributed by atoms with Crippen LogP contribution >= 0.6 is 0 Å². The van der Waals surface area contributed by atoms with Crippen molar-refractivity contribution in [2.75, 3.05) is 24.5 Å². The van der Waals surface area contributed by atoms with Gasteiger partial charge in [0.05, 0.1) is 11.1 Å². The second-order valence-electron chi connectivity index (χ2n) is 9.12.